The van der Waals surface area contributed by atoms with Crippen LogP contribution >= 0.6 is 11.3 Å². The zero-order chi connectivity index (χ0) is 56.9. The van der Waals surface area contributed by atoms with E-state index in [1.54, 1.807) is 93.1 Å². The van der Waals surface area contributed by atoms with Gasteiger partial charge in [0.15, 0.2) is 12.1 Å². The number of esters is 2. The van der Waals surface area contributed by atoms with Crippen molar-refractivity contribution >= 4 is 59.5 Å². The van der Waals surface area contributed by atoms with Gasteiger partial charge in [-0.05, 0) is 95.9 Å². The monoisotopic (exact) mass is 1150 g/mol. The first kappa shape index (κ1) is 57.9. The number of ether oxygens (including phenoxy) is 7. The third-order valence-electron chi connectivity index (χ3n) is 12.1. The van der Waals surface area contributed by atoms with Crippen molar-refractivity contribution in [3.63, 3.8) is 0 Å². The van der Waals surface area contributed by atoms with Gasteiger partial charge in [-0.3, -0.25) is 13.8 Å². The summed E-state index contributed by atoms with van der Waals surface area (Å²) >= 11 is 0.972. The molecule has 2 N–H and O–H groups in total. The predicted octanol–water partition coefficient (Wildman–Crippen LogP) is 6.65. The number of carbonyl (C=O) groups excluding carboxylic acids is 3. The van der Waals surface area contributed by atoms with Crippen molar-refractivity contribution in [2.75, 3.05) is 41.2 Å². The molecule has 0 aliphatic carbocycles. The van der Waals surface area contributed by atoms with E-state index < -0.39 is 62.3 Å². The summed E-state index contributed by atoms with van der Waals surface area (Å²) in [5.74, 6) is -0.0833. The highest BCUT2D eigenvalue weighted by molar-refractivity contribution is 7.91. The molecule has 0 saturated heterocycles. The highest BCUT2D eigenvalue weighted by Gasteiger charge is 2.42. The summed E-state index contributed by atoms with van der Waals surface area (Å²) in [6.45, 7) is 1.61. The summed E-state index contributed by atoms with van der Waals surface area (Å²) in [6.07, 6.45) is 0.434. The first-order valence-electron chi connectivity index (χ1n) is 24.6. The number of nitrogens with one attached hydrogen (secondary N) is 2. The van der Waals surface area contributed by atoms with Crippen molar-refractivity contribution in [2.24, 2.45) is 0 Å². The van der Waals surface area contributed by atoms with Crippen LogP contribution in [0.4, 0.5) is 0 Å². The van der Waals surface area contributed by atoms with E-state index in [1.165, 1.54) is 37.0 Å². The van der Waals surface area contributed by atoms with Crippen LogP contribution in [0.25, 0.3) is 10.2 Å². The molecule has 0 fully saturated rings. The van der Waals surface area contributed by atoms with Gasteiger partial charge >= 0.3 is 11.9 Å². The number of nitrogens with zero attached hydrogens (tertiary/aromatic N) is 4. The van der Waals surface area contributed by atoms with Crippen LogP contribution in [0.1, 0.15) is 40.4 Å². The Kier molecular flexibility index (Phi) is 18.9. The Morgan fingerprint density at radius 1 is 0.700 bits per heavy atom. The van der Waals surface area contributed by atoms with Gasteiger partial charge in [0.1, 0.15) is 60.6 Å². The molecule has 21 nitrogen and oxygen atoms in total. The summed E-state index contributed by atoms with van der Waals surface area (Å²) in [5.41, 5.74) is 2.77. The SMILES string of the molecule is COC(=O)C(COCc1cccc(OCC(COS(=O)(=O)c2ccc(C)cc2)OC(C)=O)c1)NC(=O)Cn1cc(COc2ccc3nc(S(=O)(=O)NC(c4ccccc4)(c4ccc(OC)cc4)c4ccc(OC)cc4)sc3c2)nn1. The Morgan fingerprint density at radius 2 is 1.35 bits per heavy atom. The van der Waals surface area contributed by atoms with Crippen LogP contribution in [-0.4, -0.2) is 108 Å². The number of aromatic nitrogens is 4. The number of hydrogen-bond donors (Lipinski definition) is 2. The summed E-state index contributed by atoms with van der Waals surface area (Å²) in [4.78, 5) is 42.2. The molecule has 418 valence electrons. The fourth-order valence-electron chi connectivity index (χ4n) is 8.22. The zero-order valence-corrected chi connectivity index (χ0v) is 46.4. The Balaban J connectivity index is 0.855. The lowest BCUT2D eigenvalue weighted by molar-refractivity contribution is -0.149. The highest BCUT2D eigenvalue weighted by Crippen LogP contribution is 2.41. The molecule has 2 heterocycles. The molecule has 0 bridgehead atoms. The van der Waals surface area contributed by atoms with E-state index in [4.69, 9.17) is 37.3 Å². The van der Waals surface area contributed by atoms with Crippen molar-refractivity contribution in [3.8, 4) is 23.0 Å². The van der Waals surface area contributed by atoms with Crippen LogP contribution in [0.2, 0.25) is 0 Å². The van der Waals surface area contributed by atoms with Gasteiger partial charge in [-0.2, -0.15) is 13.1 Å². The standard InChI is InChI=1S/C56H56N6O15S3/c1-37-14-25-49(26-15-37)80(68,69)76-35-48(77-38(2)63)34-75-46-13-9-10-39(28-46)32-73-36-51(54(65)72-5)57-53(64)31-62-30-43(59-61-62)33-74-47-24-27-50-52(29-47)78-55(58-50)79(66,67)60-56(40-11-7-6-8-12-40,41-16-20-44(70-3)21-17-41)42-18-22-45(71-4)23-19-42/h6-30,48,51,60H,31-36H2,1-5H3,(H,57,64). The fourth-order valence-corrected chi connectivity index (χ4v) is 11.8. The van der Waals surface area contributed by atoms with Crippen LogP contribution in [0.3, 0.4) is 0 Å². The van der Waals surface area contributed by atoms with E-state index in [0.717, 1.165) is 16.9 Å². The number of fused-ring (bicyclic) bond motifs is 1. The van der Waals surface area contributed by atoms with E-state index in [1.807, 2.05) is 61.5 Å². The third-order valence-corrected chi connectivity index (χ3v) is 16.3. The van der Waals surface area contributed by atoms with E-state index >= 15 is 0 Å². The minimum atomic E-state index is -4.34. The summed E-state index contributed by atoms with van der Waals surface area (Å²) in [5, 5.41) is 10.8. The Morgan fingerprint density at radius 3 is 2.00 bits per heavy atom. The number of sulfonamides is 1. The molecule has 0 radical (unpaired) electrons. The number of thiazole rings is 1. The first-order chi connectivity index (χ1) is 38.5. The molecular weight excluding hydrogens is 1090 g/mol. The van der Waals surface area contributed by atoms with Gasteiger partial charge in [0, 0.05) is 6.92 Å². The molecule has 6 aromatic carbocycles. The van der Waals surface area contributed by atoms with E-state index in [9.17, 15) is 31.2 Å². The van der Waals surface area contributed by atoms with Crippen molar-refractivity contribution < 1.29 is 68.6 Å². The number of benzene rings is 6. The van der Waals surface area contributed by atoms with E-state index in [2.05, 4.69) is 25.3 Å². The molecule has 8 aromatic rings. The van der Waals surface area contributed by atoms with Crippen LogP contribution in [0.15, 0.2) is 161 Å². The maximum absolute atomic E-state index is 14.6. The maximum atomic E-state index is 14.6. The molecule has 1 amide bonds. The van der Waals surface area contributed by atoms with Crippen molar-refractivity contribution in [1.82, 2.24) is 30.0 Å². The number of rotatable bonds is 27. The van der Waals surface area contributed by atoms with Crippen LogP contribution in [0, 0.1) is 6.92 Å². The number of amides is 1. The van der Waals surface area contributed by atoms with Crippen molar-refractivity contribution in [2.45, 2.75) is 60.5 Å². The van der Waals surface area contributed by atoms with Crippen molar-refractivity contribution in [3.05, 3.63) is 185 Å². The lowest BCUT2D eigenvalue weighted by Gasteiger charge is -2.36. The van der Waals surface area contributed by atoms with Crippen LogP contribution in [0.5, 0.6) is 23.0 Å². The molecule has 0 spiro atoms. The average Bonchev–Trinajstić information content (AvgIpc) is 4.24. The molecule has 0 aliphatic rings. The minimum absolute atomic E-state index is 0.0161. The summed E-state index contributed by atoms with van der Waals surface area (Å²) in [6, 6.07) is 40.2. The van der Waals surface area contributed by atoms with E-state index in [0.29, 0.717) is 61.2 Å². The number of methoxy groups -OCH3 is 3. The Labute approximate surface area is 465 Å². The summed E-state index contributed by atoms with van der Waals surface area (Å²) in [7, 11) is -4.19. The van der Waals surface area contributed by atoms with Gasteiger partial charge in [0.25, 0.3) is 20.1 Å². The molecule has 2 unspecified atom stereocenters. The zero-order valence-electron chi connectivity index (χ0n) is 44.0. The quantitative estimate of drug-likeness (QED) is 0.0310. The number of carbonyl (C=O) groups is 3. The van der Waals surface area contributed by atoms with Gasteiger partial charge in [0.05, 0.1) is 55.9 Å². The second-order valence-corrected chi connectivity index (χ2v) is 22.4. The van der Waals surface area contributed by atoms with Crippen LogP contribution < -0.4 is 29.0 Å². The highest BCUT2D eigenvalue weighted by atomic mass is 32.2. The largest absolute Gasteiger partial charge is 0.497 e. The average molecular weight is 1150 g/mol. The Hall–Kier alpha value is -8.26. The third kappa shape index (κ3) is 14.7. The minimum Gasteiger partial charge on any atom is -0.497 e. The smallest absolute Gasteiger partial charge is 0.330 e. The molecule has 2 atom stereocenters. The molecular formula is C56H56N6O15S3. The molecule has 80 heavy (non-hydrogen) atoms. The second kappa shape index (κ2) is 26.1. The lowest BCUT2D eigenvalue weighted by atomic mass is 9.78. The van der Waals surface area contributed by atoms with E-state index in [-0.39, 0.29) is 42.2 Å². The fraction of sp³-hybridized carbons (Fsp3) is 0.250. The first-order valence-corrected chi connectivity index (χ1v) is 28.3. The van der Waals surface area contributed by atoms with Crippen molar-refractivity contribution in [1.29, 1.82) is 0 Å². The molecule has 0 aliphatic heterocycles. The van der Waals surface area contributed by atoms with Gasteiger partial charge in [-0.25, -0.2) is 22.9 Å². The van der Waals surface area contributed by atoms with Crippen LogP contribution in [-0.2, 0) is 78.2 Å². The molecule has 0 saturated carbocycles. The topological polar surface area (TPSA) is 261 Å². The van der Waals surface area contributed by atoms with Gasteiger partial charge < -0.3 is 38.5 Å². The second-order valence-electron chi connectivity index (χ2n) is 17.9. The summed E-state index contributed by atoms with van der Waals surface area (Å²) < 4.78 is 103. The number of aryl methyl sites for hydroxylation is 1. The maximum Gasteiger partial charge on any atom is 0.330 e. The number of hydrogen-bond acceptors (Lipinski definition) is 19. The van der Waals surface area contributed by atoms with Gasteiger partial charge in [-0.1, -0.05) is 89.6 Å². The van der Waals surface area contributed by atoms with Gasteiger partial charge in [0.2, 0.25) is 10.2 Å². The molecule has 24 heteroatoms. The normalized spacial score (nSPS) is 12.5. The lowest BCUT2D eigenvalue weighted by Crippen LogP contribution is -2.47. The molecule has 2 aromatic heterocycles. The predicted molar refractivity (Wildman–Crippen MR) is 292 cm³/mol. The van der Waals surface area contributed by atoms with Gasteiger partial charge in [-0.15, -0.1) is 16.4 Å². The Bertz CT molecular complexity index is 3590. The molecule has 8 rings (SSSR count).